The average molecular weight is 473 g/mol. The molecule has 2 aromatic rings. The number of amides is 2. The molecule has 0 saturated heterocycles. The summed E-state index contributed by atoms with van der Waals surface area (Å²) in [6.07, 6.45) is 3.89. The number of carbonyl (C=O) groups is 2. The lowest BCUT2D eigenvalue weighted by Crippen LogP contribution is -2.48. The molecule has 0 aliphatic heterocycles. The zero-order valence-electron chi connectivity index (χ0n) is 18.8. The predicted molar refractivity (Wildman–Crippen MR) is 129 cm³/mol. The Morgan fingerprint density at radius 3 is 2.21 bits per heavy atom. The van der Waals surface area contributed by atoms with Gasteiger partial charge in [0.05, 0.1) is 5.41 Å². The number of nitrogens with zero attached hydrogens (tertiary/aromatic N) is 1. The van der Waals surface area contributed by atoms with Crippen LogP contribution in [0.2, 0.25) is 0 Å². The van der Waals surface area contributed by atoms with Crippen molar-refractivity contribution in [1.29, 1.82) is 0 Å². The van der Waals surface area contributed by atoms with Crippen LogP contribution in [0.3, 0.4) is 0 Å². The van der Waals surface area contributed by atoms with Gasteiger partial charge in [-0.2, -0.15) is 0 Å². The normalized spacial score (nSPS) is 12.5. The van der Waals surface area contributed by atoms with E-state index in [1.165, 1.54) is 41.3 Å². The molecule has 0 radical (unpaired) electrons. The molecule has 33 heavy (non-hydrogen) atoms. The highest BCUT2D eigenvalue weighted by Crippen LogP contribution is 2.25. The van der Waals surface area contributed by atoms with Crippen molar-refractivity contribution in [3.8, 4) is 0 Å². The smallest absolute Gasteiger partial charge is 0.257 e. The van der Waals surface area contributed by atoms with Crippen molar-refractivity contribution < 1.29 is 22.4 Å². The number of benzene rings is 2. The van der Waals surface area contributed by atoms with Crippen molar-refractivity contribution in [2.45, 2.75) is 39.2 Å². The fraction of sp³-hybridized carbons (Fsp3) is 0.280. The molecular weight excluding hydrogens is 443 g/mol. The van der Waals surface area contributed by atoms with Crippen LogP contribution in [0.5, 0.6) is 0 Å². The first-order chi connectivity index (χ1) is 15.7. The molecule has 0 spiro atoms. The SMILES string of the molecule is C=CCC(C(=O)NS(=O)(=O)C=Cc1ccccc1)C(=O)N(c1ccc(F)cc1)C(CC)CC. The maximum absolute atomic E-state index is 13.5. The highest BCUT2D eigenvalue weighted by molar-refractivity contribution is 7.93. The summed E-state index contributed by atoms with van der Waals surface area (Å²) in [5.74, 6) is -3.29. The average Bonchev–Trinajstić information content (AvgIpc) is 2.80. The zero-order chi connectivity index (χ0) is 24.4. The van der Waals surface area contributed by atoms with E-state index < -0.39 is 33.6 Å². The summed E-state index contributed by atoms with van der Waals surface area (Å²) in [7, 11) is -4.14. The molecule has 1 atom stereocenters. The quantitative estimate of drug-likeness (QED) is 0.381. The standard InChI is InChI=1S/C25H29FN2O4S/c1-4-10-23(24(29)27-33(31,32)18-17-19-11-8-7-9-12-19)25(30)28(21(5-2)6-3)22-15-13-20(26)14-16-22/h4,7-9,11-18,21,23H,1,5-6,10H2,2-3H3,(H,27,29). The van der Waals surface area contributed by atoms with Gasteiger partial charge in [-0.15, -0.1) is 6.58 Å². The van der Waals surface area contributed by atoms with E-state index in [4.69, 9.17) is 0 Å². The molecule has 0 aliphatic rings. The highest BCUT2D eigenvalue weighted by Gasteiger charge is 2.34. The summed E-state index contributed by atoms with van der Waals surface area (Å²) >= 11 is 0. The predicted octanol–water partition coefficient (Wildman–Crippen LogP) is 4.66. The summed E-state index contributed by atoms with van der Waals surface area (Å²) in [5, 5.41) is 0.883. The Hall–Kier alpha value is -3.26. The lowest BCUT2D eigenvalue weighted by molar-refractivity contribution is -0.132. The Bertz CT molecular complexity index is 1080. The summed E-state index contributed by atoms with van der Waals surface area (Å²) in [5.41, 5.74) is 1.08. The third-order valence-electron chi connectivity index (χ3n) is 5.15. The van der Waals surface area contributed by atoms with E-state index >= 15 is 0 Å². The molecule has 6 nitrogen and oxygen atoms in total. The van der Waals surface area contributed by atoms with Crippen LogP contribution in [-0.2, 0) is 19.6 Å². The second-order valence-electron chi connectivity index (χ2n) is 7.46. The van der Waals surface area contributed by atoms with Crippen molar-refractivity contribution >= 4 is 33.6 Å². The van der Waals surface area contributed by atoms with Crippen molar-refractivity contribution in [3.63, 3.8) is 0 Å². The first kappa shape index (κ1) is 26.0. The minimum Gasteiger partial charge on any atom is -0.309 e. The van der Waals surface area contributed by atoms with Crippen molar-refractivity contribution in [1.82, 2.24) is 4.72 Å². The molecule has 1 N–H and O–H groups in total. The van der Waals surface area contributed by atoms with Gasteiger partial charge in [-0.1, -0.05) is 50.3 Å². The molecule has 176 valence electrons. The summed E-state index contributed by atoms with van der Waals surface area (Å²) in [6, 6.07) is 13.9. The largest absolute Gasteiger partial charge is 0.309 e. The van der Waals surface area contributed by atoms with Crippen molar-refractivity contribution in [2.24, 2.45) is 5.92 Å². The molecule has 2 rings (SSSR count). The third-order valence-corrected chi connectivity index (χ3v) is 6.13. The van der Waals surface area contributed by atoms with Crippen LogP contribution in [0, 0.1) is 11.7 Å². The van der Waals surface area contributed by atoms with E-state index in [9.17, 15) is 22.4 Å². The van der Waals surface area contributed by atoms with Crippen LogP contribution < -0.4 is 9.62 Å². The number of carbonyl (C=O) groups excluding carboxylic acids is 2. The van der Waals surface area contributed by atoms with Gasteiger partial charge in [0.25, 0.3) is 10.0 Å². The molecule has 8 heteroatoms. The minimum atomic E-state index is -4.14. The molecule has 2 amide bonds. The fourth-order valence-electron chi connectivity index (χ4n) is 3.41. The number of rotatable bonds is 11. The van der Waals surface area contributed by atoms with Crippen LogP contribution in [0.1, 0.15) is 38.7 Å². The van der Waals surface area contributed by atoms with E-state index in [1.54, 1.807) is 30.3 Å². The van der Waals surface area contributed by atoms with Gasteiger partial charge in [0.1, 0.15) is 11.7 Å². The van der Waals surface area contributed by atoms with E-state index in [2.05, 4.69) is 6.58 Å². The molecule has 0 bridgehead atoms. The number of hydrogen-bond acceptors (Lipinski definition) is 4. The lowest BCUT2D eigenvalue weighted by Gasteiger charge is -2.33. The Kier molecular flexibility index (Phi) is 9.54. The zero-order valence-corrected chi connectivity index (χ0v) is 19.6. The first-order valence-corrected chi connectivity index (χ1v) is 12.3. The van der Waals surface area contributed by atoms with E-state index in [-0.39, 0.29) is 12.5 Å². The number of hydrogen-bond donors (Lipinski definition) is 1. The Labute approximate surface area is 194 Å². The van der Waals surface area contributed by atoms with Gasteiger partial charge in [0.2, 0.25) is 11.8 Å². The van der Waals surface area contributed by atoms with Gasteiger partial charge in [-0.05, 0) is 55.2 Å². The molecule has 0 heterocycles. The molecule has 1 unspecified atom stereocenters. The van der Waals surface area contributed by atoms with Crippen LogP contribution >= 0.6 is 0 Å². The van der Waals surface area contributed by atoms with E-state index in [1.807, 2.05) is 18.6 Å². The molecule has 2 aromatic carbocycles. The Morgan fingerprint density at radius 2 is 1.67 bits per heavy atom. The monoisotopic (exact) mass is 472 g/mol. The molecule has 0 aromatic heterocycles. The number of nitrogens with one attached hydrogen (secondary N) is 1. The van der Waals surface area contributed by atoms with Crippen LogP contribution in [-0.4, -0.2) is 26.3 Å². The van der Waals surface area contributed by atoms with Crippen molar-refractivity contribution in [2.75, 3.05) is 4.90 Å². The number of halogens is 1. The van der Waals surface area contributed by atoms with Gasteiger partial charge >= 0.3 is 0 Å². The van der Waals surface area contributed by atoms with E-state index in [0.717, 1.165) is 5.41 Å². The minimum absolute atomic E-state index is 0.0551. The number of allylic oxidation sites excluding steroid dienone is 1. The maximum atomic E-state index is 13.5. The Balaban J connectivity index is 2.31. The van der Waals surface area contributed by atoms with E-state index in [0.29, 0.717) is 24.1 Å². The fourth-order valence-corrected chi connectivity index (χ4v) is 4.23. The maximum Gasteiger partial charge on any atom is 0.257 e. The molecule has 0 aliphatic carbocycles. The number of sulfonamides is 1. The molecule has 0 fully saturated rings. The topological polar surface area (TPSA) is 83.5 Å². The van der Waals surface area contributed by atoms with Gasteiger partial charge in [0.15, 0.2) is 0 Å². The van der Waals surface area contributed by atoms with Crippen molar-refractivity contribution in [3.05, 3.63) is 84.0 Å². The lowest BCUT2D eigenvalue weighted by atomic mass is 9.99. The molecule has 0 saturated carbocycles. The van der Waals surface area contributed by atoms with Gasteiger partial charge in [-0.3, -0.25) is 9.59 Å². The van der Waals surface area contributed by atoms with Gasteiger partial charge < -0.3 is 4.90 Å². The summed E-state index contributed by atoms with van der Waals surface area (Å²) < 4.78 is 40.3. The van der Waals surface area contributed by atoms with Crippen LogP contribution in [0.4, 0.5) is 10.1 Å². The van der Waals surface area contributed by atoms with Gasteiger partial charge in [0, 0.05) is 11.7 Å². The second-order valence-corrected chi connectivity index (χ2v) is 9.02. The second kappa shape index (κ2) is 12.1. The molecular formula is C25H29FN2O4S. The first-order valence-electron chi connectivity index (χ1n) is 10.7. The summed E-state index contributed by atoms with van der Waals surface area (Å²) in [6.45, 7) is 7.41. The van der Waals surface area contributed by atoms with Crippen LogP contribution in [0.25, 0.3) is 6.08 Å². The highest BCUT2D eigenvalue weighted by atomic mass is 32.2. The number of anilines is 1. The Morgan fingerprint density at radius 1 is 1.06 bits per heavy atom. The van der Waals surface area contributed by atoms with Crippen LogP contribution in [0.15, 0.2) is 72.7 Å². The van der Waals surface area contributed by atoms with Gasteiger partial charge in [-0.25, -0.2) is 17.5 Å². The summed E-state index contributed by atoms with van der Waals surface area (Å²) in [4.78, 5) is 27.9. The third kappa shape index (κ3) is 7.39.